The van der Waals surface area contributed by atoms with Crippen molar-refractivity contribution >= 4 is 5.57 Å². The number of hydrogen-bond acceptors (Lipinski definition) is 0. The van der Waals surface area contributed by atoms with Crippen LogP contribution < -0.4 is 0 Å². The van der Waals surface area contributed by atoms with E-state index in [0.29, 0.717) is 17.8 Å². The predicted molar refractivity (Wildman–Crippen MR) is 229 cm³/mol. The van der Waals surface area contributed by atoms with Gasteiger partial charge in [0.2, 0.25) is 0 Å². The summed E-state index contributed by atoms with van der Waals surface area (Å²) in [5.41, 5.74) is 24.8. The summed E-state index contributed by atoms with van der Waals surface area (Å²) in [6.45, 7) is 0. The highest BCUT2D eigenvalue weighted by Gasteiger charge is 2.56. The van der Waals surface area contributed by atoms with Crippen LogP contribution in [0.2, 0.25) is 0 Å². The van der Waals surface area contributed by atoms with E-state index < -0.39 is 0 Å². The summed E-state index contributed by atoms with van der Waals surface area (Å²) < 4.78 is 0. The molecule has 0 amide bonds. The molecule has 0 N–H and O–H groups in total. The molecule has 0 radical (unpaired) electrons. The minimum atomic E-state index is -0.137. The summed E-state index contributed by atoms with van der Waals surface area (Å²) in [5, 5.41) is 0. The minimum Gasteiger partial charge on any atom is -0.0839 e. The van der Waals surface area contributed by atoms with E-state index in [2.05, 4.69) is 115 Å². The molecule has 2 spiro atoms. The molecule has 0 aromatic heterocycles. The molecule has 11 aliphatic rings. The Bertz CT molecular complexity index is 2300. The molecule has 3 atom stereocenters. The maximum atomic E-state index is 2.90. The molecule has 12 rings (SSSR count). The van der Waals surface area contributed by atoms with Crippen molar-refractivity contribution in [2.75, 3.05) is 0 Å². The molecule has 2 saturated carbocycles. The van der Waals surface area contributed by atoms with E-state index in [1.807, 2.05) is 0 Å². The Kier molecular flexibility index (Phi) is 7.48. The van der Waals surface area contributed by atoms with Crippen LogP contribution in [-0.4, -0.2) is 0 Å². The first-order valence-corrected chi connectivity index (χ1v) is 22.2. The SMILES string of the molecule is C1=CCC2C3=CCC(C(C4=CC5=C(CC4)C4=C(C=CCC4)C54C5=C(CCC=C5)C5=C4C=CCC5)C4=CCCC=C4c4ccccc4)C=C3C3(CCCC3)C2=C1. The Morgan fingerprint density at radius 3 is 2.00 bits per heavy atom. The third-order valence-corrected chi connectivity index (χ3v) is 16.0. The van der Waals surface area contributed by atoms with Gasteiger partial charge in [-0.1, -0.05) is 139 Å². The molecule has 0 heterocycles. The van der Waals surface area contributed by atoms with Crippen LogP contribution in [0.15, 0.2) is 188 Å². The normalized spacial score (nSPS) is 29.7. The van der Waals surface area contributed by atoms with Gasteiger partial charge >= 0.3 is 0 Å². The van der Waals surface area contributed by atoms with Crippen LogP contribution in [0.1, 0.15) is 108 Å². The molecule has 0 heteroatoms. The summed E-state index contributed by atoms with van der Waals surface area (Å²) >= 11 is 0. The van der Waals surface area contributed by atoms with Crippen molar-refractivity contribution in [1.82, 2.24) is 0 Å². The van der Waals surface area contributed by atoms with Crippen LogP contribution in [-0.2, 0) is 0 Å². The van der Waals surface area contributed by atoms with Crippen LogP contribution in [0, 0.1) is 28.6 Å². The first-order valence-electron chi connectivity index (χ1n) is 22.2. The quantitative estimate of drug-likeness (QED) is 0.291. The lowest BCUT2D eigenvalue weighted by Crippen LogP contribution is -2.29. The molecule has 0 saturated heterocycles. The van der Waals surface area contributed by atoms with Gasteiger partial charge < -0.3 is 0 Å². The second kappa shape index (κ2) is 12.5. The monoisotopic (exact) mass is 714 g/mol. The van der Waals surface area contributed by atoms with Crippen LogP contribution in [0.3, 0.4) is 0 Å². The van der Waals surface area contributed by atoms with Crippen molar-refractivity contribution in [3.8, 4) is 0 Å². The summed E-state index contributed by atoms with van der Waals surface area (Å²) in [6.07, 6.45) is 55.8. The summed E-state index contributed by atoms with van der Waals surface area (Å²) in [4.78, 5) is 0. The topological polar surface area (TPSA) is 0 Å². The van der Waals surface area contributed by atoms with E-state index in [9.17, 15) is 0 Å². The van der Waals surface area contributed by atoms with Gasteiger partial charge in [-0.2, -0.15) is 0 Å². The van der Waals surface area contributed by atoms with E-state index in [-0.39, 0.29) is 10.8 Å². The molecule has 0 bridgehead atoms. The molecule has 11 aliphatic carbocycles. The summed E-state index contributed by atoms with van der Waals surface area (Å²) in [6, 6.07) is 11.4. The van der Waals surface area contributed by atoms with Gasteiger partial charge in [0.25, 0.3) is 0 Å². The second-order valence-corrected chi connectivity index (χ2v) is 18.3. The van der Waals surface area contributed by atoms with E-state index in [0.717, 1.165) is 19.3 Å². The highest BCUT2D eigenvalue weighted by Crippen LogP contribution is 2.69. The zero-order valence-electron chi connectivity index (χ0n) is 32.5. The van der Waals surface area contributed by atoms with E-state index >= 15 is 0 Å². The fourth-order valence-electron chi connectivity index (χ4n) is 14.0. The Morgan fingerprint density at radius 1 is 0.618 bits per heavy atom. The van der Waals surface area contributed by atoms with Crippen molar-refractivity contribution in [2.45, 2.75) is 103 Å². The third-order valence-electron chi connectivity index (χ3n) is 16.0. The smallest absolute Gasteiger partial charge is 0.0712 e. The van der Waals surface area contributed by atoms with Gasteiger partial charge in [0.15, 0.2) is 0 Å². The van der Waals surface area contributed by atoms with Gasteiger partial charge in [-0.25, -0.2) is 0 Å². The van der Waals surface area contributed by atoms with Gasteiger partial charge in [-0.3, -0.25) is 0 Å². The van der Waals surface area contributed by atoms with E-state index in [1.165, 1.54) is 94.6 Å². The molecular formula is C55H54. The van der Waals surface area contributed by atoms with Crippen LogP contribution >= 0.6 is 0 Å². The fraction of sp³-hybridized carbons (Fsp3) is 0.382. The Morgan fingerprint density at radius 2 is 1.29 bits per heavy atom. The van der Waals surface area contributed by atoms with Crippen LogP contribution in [0.25, 0.3) is 5.57 Å². The lowest BCUT2D eigenvalue weighted by molar-refractivity contribution is 0.440. The molecule has 55 heavy (non-hydrogen) atoms. The highest BCUT2D eigenvalue weighted by atomic mass is 14.6. The largest absolute Gasteiger partial charge is 0.0839 e. The Hall–Kier alpha value is -4.42. The molecule has 1 aromatic carbocycles. The average molecular weight is 715 g/mol. The van der Waals surface area contributed by atoms with Gasteiger partial charge in [-0.05, 0) is 168 Å². The number of allylic oxidation sites excluding steroid dienone is 28. The maximum Gasteiger partial charge on any atom is 0.0712 e. The molecule has 1 aromatic rings. The molecule has 2 fully saturated rings. The Labute approximate surface area is 329 Å². The van der Waals surface area contributed by atoms with Crippen molar-refractivity contribution in [3.05, 3.63) is 193 Å². The van der Waals surface area contributed by atoms with Gasteiger partial charge in [-0.15, -0.1) is 0 Å². The van der Waals surface area contributed by atoms with Gasteiger partial charge in [0, 0.05) is 17.3 Å². The number of rotatable bonds is 4. The molecule has 0 aliphatic heterocycles. The highest BCUT2D eigenvalue weighted by molar-refractivity contribution is 5.83. The average Bonchev–Trinajstić information content (AvgIpc) is 4.01. The van der Waals surface area contributed by atoms with Crippen LogP contribution in [0.5, 0.6) is 0 Å². The van der Waals surface area contributed by atoms with Gasteiger partial charge in [0.1, 0.15) is 0 Å². The molecule has 3 unspecified atom stereocenters. The first-order chi connectivity index (χ1) is 27.3. The molecule has 0 nitrogen and oxygen atoms in total. The Balaban J connectivity index is 1.05. The van der Waals surface area contributed by atoms with Gasteiger partial charge in [0.05, 0.1) is 5.41 Å². The van der Waals surface area contributed by atoms with E-state index in [4.69, 9.17) is 0 Å². The van der Waals surface area contributed by atoms with Crippen molar-refractivity contribution in [1.29, 1.82) is 0 Å². The fourth-order valence-corrected chi connectivity index (χ4v) is 14.0. The molecular weight excluding hydrogens is 661 g/mol. The zero-order valence-corrected chi connectivity index (χ0v) is 32.5. The van der Waals surface area contributed by atoms with Crippen molar-refractivity contribution in [3.63, 3.8) is 0 Å². The first kappa shape index (κ1) is 32.8. The number of fused-ring (bicyclic) bond motifs is 11. The van der Waals surface area contributed by atoms with Crippen molar-refractivity contribution in [2.24, 2.45) is 28.6 Å². The standard InChI is InChI=1S/C55H54/c1-2-16-36(17-3-1)39-18-4-5-23-46(39)53(37-28-30-44-40-19-6-10-24-47(40)54(51(44)34-37)32-14-15-33-54)38-29-31-45-43-22-9-13-27-50(43)55(52(45)35-38)48-25-11-7-20-41(48)42-21-8-12-26-49(42)55/h1-3,6,10-13,16-18,23-27,30,34-35,37,40,53H,4-5,7-9,14-15,19-22,28-29,31-33H2. The van der Waals surface area contributed by atoms with Crippen LogP contribution in [0.4, 0.5) is 0 Å². The third kappa shape index (κ3) is 4.52. The lowest BCUT2D eigenvalue weighted by atomic mass is 9.62. The number of benzene rings is 1. The summed E-state index contributed by atoms with van der Waals surface area (Å²) in [5.74, 6) is 1.44. The lowest BCUT2D eigenvalue weighted by Gasteiger charge is -2.40. The number of hydrogen-bond donors (Lipinski definition) is 0. The maximum absolute atomic E-state index is 2.90. The van der Waals surface area contributed by atoms with E-state index in [1.54, 1.807) is 72.5 Å². The zero-order chi connectivity index (χ0) is 36.1. The van der Waals surface area contributed by atoms with Crippen molar-refractivity contribution < 1.29 is 0 Å². The summed E-state index contributed by atoms with van der Waals surface area (Å²) in [7, 11) is 0. The minimum absolute atomic E-state index is 0.137. The second-order valence-electron chi connectivity index (χ2n) is 18.3. The molecule has 274 valence electrons. The predicted octanol–water partition coefficient (Wildman–Crippen LogP) is 14.3.